The molecule has 0 saturated heterocycles. The van der Waals surface area contributed by atoms with Crippen LogP contribution in [0.2, 0.25) is 0 Å². The van der Waals surface area contributed by atoms with E-state index >= 15 is 0 Å². The molecule has 3 aromatic carbocycles. The molecule has 0 aliphatic heterocycles. The molecule has 1 heterocycles. The Kier molecular flexibility index (Phi) is 3.82. The zero-order chi connectivity index (χ0) is 17.2. The van der Waals surface area contributed by atoms with Crippen LogP contribution in [0.3, 0.4) is 0 Å². The average Bonchev–Trinajstić information content (AvgIpc) is 2.96. The van der Waals surface area contributed by atoms with E-state index in [0.29, 0.717) is 0 Å². The summed E-state index contributed by atoms with van der Waals surface area (Å²) in [6.07, 6.45) is 0. The molecular formula is C22H18N2O. The number of aliphatic imine (C=N–C) groups is 1. The second-order valence-corrected chi connectivity index (χ2v) is 6.06. The van der Waals surface area contributed by atoms with Gasteiger partial charge in [0.15, 0.2) is 5.88 Å². The Bertz CT molecular complexity index is 1050. The summed E-state index contributed by atoms with van der Waals surface area (Å²) in [4.78, 5) is 7.91. The second kappa shape index (κ2) is 6.29. The van der Waals surface area contributed by atoms with Crippen LogP contribution >= 0.6 is 0 Å². The normalized spacial score (nSPS) is 11.8. The second-order valence-electron chi connectivity index (χ2n) is 6.06. The van der Waals surface area contributed by atoms with E-state index < -0.39 is 0 Å². The highest BCUT2D eigenvalue weighted by molar-refractivity contribution is 6.21. The average molecular weight is 326 g/mol. The van der Waals surface area contributed by atoms with Gasteiger partial charge in [-0.25, -0.2) is 4.99 Å². The maximum absolute atomic E-state index is 10.6. The van der Waals surface area contributed by atoms with Gasteiger partial charge in [0.25, 0.3) is 0 Å². The number of rotatable bonds is 3. The lowest BCUT2D eigenvalue weighted by atomic mass is 10.00. The Morgan fingerprint density at radius 1 is 0.880 bits per heavy atom. The molecule has 0 fully saturated rings. The fourth-order valence-electron chi connectivity index (χ4n) is 3.02. The van der Waals surface area contributed by atoms with Gasteiger partial charge in [-0.1, -0.05) is 60.2 Å². The number of aromatic nitrogens is 1. The van der Waals surface area contributed by atoms with Gasteiger partial charge < -0.3 is 10.1 Å². The van der Waals surface area contributed by atoms with Crippen molar-refractivity contribution in [1.29, 1.82) is 0 Å². The van der Waals surface area contributed by atoms with Crippen molar-refractivity contribution in [2.45, 2.75) is 6.92 Å². The van der Waals surface area contributed by atoms with E-state index in [9.17, 15) is 5.11 Å². The van der Waals surface area contributed by atoms with Gasteiger partial charge in [-0.15, -0.1) is 0 Å². The summed E-state index contributed by atoms with van der Waals surface area (Å²) >= 11 is 0. The molecule has 3 nitrogen and oxygen atoms in total. The molecule has 0 aliphatic rings. The van der Waals surface area contributed by atoms with Crippen LogP contribution in [0.25, 0.3) is 10.9 Å². The predicted octanol–water partition coefficient (Wildman–Crippen LogP) is 5.35. The minimum Gasteiger partial charge on any atom is -0.494 e. The fraction of sp³-hybridized carbons (Fsp3) is 0.0455. The van der Waals surface area contributed by atoms with Crippen molar-refractivity contribution in [2.24, 2.45) is 4.99 Å². The number of hydrogen-bond acceptors (Lipinski definition) is 2. The van der Waals surface area contributed by atoms with Crippen molar-refractivity contribution >= 4 is 22.3 Å². The third-order valence-electron chi connectivity index (χ3n) is 4.22. The minimum absolute atomic E-state index is 0.138. The summed E-state index contributed by atoms with van der Waals surface area (Å²) in [5.41, 5.74) is 5.33. The molecule has 0 amide bonds. The van der Waals surface area contributed by atoms with Crippen molar-refractivity contribution in [3.05, 3.63) is 95.6 Å². The van der Waals surface area contributed by atoms with Gasteiger partial charge in [-0.2, -0.15) is 0 Å². The van der Waals surface area contributed by atoms with Gasteiger partial charge in [-0.05, 0) is 31.2 Å². The number of benzene rings is 3. The number of aromatic amines is 1. The summed E-state index contributed by atoms with van der Waals surface area (Å²) in [6.45, 7) is 2.05. The highest BCUT2D eigenvalue weighted by atomic mass is 16.3. The molecule has 0 unspecified atom stereocenters. The molecule has 1 aromatic heterocycles. The topological polar surface area (TPSA) is 48.4 Å². The van der Waals surface area contributed by atoms with Crippen LogP contribution in [-0.4, -0.2) is 15.8 Å². The SMILES string of the molecule is Cc1ccc2[nH]c(O)c(C(=Nc3ccccc3)c3ccccc3)c2c1. The molecule has 0 atom stereocenters. The Morgan fingerprint density at radius 2 is 1.56 bits per heavy atom. The van der Waals surface area contributed by atoms with E-state index in [4.69, 9.17) is 4.99 Å². The van der Waals surface area contributed by atoms with Gasteiger partial charge in [0, 0.05) is 16.5 Å². The summed E-state index contributed by atoms with van der Waals surface area (Å²) in [5, 5.41) is 11.6. The highest BCUT2D eigenvalue weighted by Crippen LogP contribution is 2.32. The number of para-hydroxylation sites is 1. The van der Waals surface area contributed by atoms with Crippen LogP contribution < -0.4 is 0 Å². The Balaban J connectivity index is 2.01. The molecule has 0 saturated carbocycles. The summed E-state index contributed by atoms with van der Waals surface area (Å²) in [5.74, 6) is 0.138. The zero-order valence-electron chi connectivity index (χ0n) is 13.9. The number of hydrogen-bond donors (Lipinski definition) is 2. The molecule has 122 valence electrons. The van der Waals surface area contributed by atoms with Gasteiger partial charge in [0.05, 0.1) is 17.0 Å². The summed E-state index contributed by atoms with van der Waals surface area (Å²) < 4.78 is 0. The molecule has 0 bridgehead atoms. The maximum Gasteiger partial charge on any atom is 0.199 e. The third kappa shape index (κ3) is 2.92. The van der Waals surface area contributed by atoms with E-state index in [0.717, 1.165) is 39.0 Å². The van der Waals surface area contributed by atoms with Crippen LogP contribution in [0.15, 0.2) is 83.9 Å². The number of H-pyrrole nitrogens is 1. The molecular weight excluding hydrogens is 308 g/mol. The van der Waals surface area contributed by atoms with Gasteiger partial charge >= 0.3 is 0 Å². The first-order valence-corrected chi connectivity index (χ1v) is 8.23. The quantitative estimate of drug-likeness (QED) is 0.490. The lowest BCUT2D eigenvalue weighted by Gasteiger charge is -2.08. The van der Waals surface area contributed by atoms with Gasteiger partial charge in [-0.3, -0.25) is 0 Å². The van der Waals surface area contributed by atoms with E-state index in [1.807, 2.05) is 79.7 Å². The third-order valence-corrected chi connectivity index (χ3v) is 4.22. The van der Waals surface area contributed by atoms with Crippen molar-refractivity contribution in [1.82, 2.24) is 4.98 Å². The number of aromatic hydroxyl groups is 1. The zero-order valence-corrected chi connectivity index (χ0v) is 13.9. The van der Waals surface area contributed by atoms with E-state index in [1.165, 1.54) is 0 Å². The van der Waals surface area contributed by atoms with E-state index in [1.54, 1.807) is 0 Å². The Labute approximate surface area is 146 Å². The van der Waals surface area contributed by atoms with Crippen LogP contribution in [-0.2, 0) is 0 Å². The predicted molar refractivity (Wildman–Crippen MR) is 103 cm³/mol. The highest BCUT2D eigenvalue weighted by Gasteiger charge is 2.18. The molecule has 4 aromatic rings. The van der Waals surface area contributed by atoms with Crippen LogP contribution in [0.5, 0.6) is 5.88 Å². The summed E-state index contributed by atoms with van der Waals surface area (Å²) in [6, 6.07) is 25.8. The van der Waals surface area contributed by atoms with Crippen LogP contribution in [0, 0.1) is 6.92 Å². The minimum atomic E-state index is 0.138. The first-order chi connectivity index (χ1) is 12.2. The lowest BCUT2D eigenvalue weighted by molar-refractivity contribution is 0.457. The number of nitrogens with zero attached hydrogens (tertiary/aromatic N) is 1. The van der Waals surface area contributed by atoms with Gasteiger partial charge in [0.2, 0.25) is 0 Å². The molecule has 2 N–H and O–H groups in total. The van der Waals surface area contributed by atoms with E-state index in [2.05, 4.69) is 11.1 Å². The van der Waals surface area contributed by atoms with Crippen LogP contribution in [0.4, 0.5) is 5.69 Å². The lowest BCUT2D eigenvalue weighted by Crippen LogP contribution is -2.02. The van der Waals surface area contributed by atoms with Crippen LogP contribution in [0.1, 0.15) is 16.7 Å². The van der Waals surface area contributed by atoms with Crippen molar-refractivity contribution in [3.63, 3.8) is 0 Å². The number of fused-ring (bicyclic) bond motifs is 1. The van der Waals surface area contributed by atoms with Crippen molar-refractivity contribution in [3.8, 4) is 5.88 Å². The molecule has 3 heteroatoms. The van der Waals surface area contributed by atoms with Crippen molar-refractivity contribution in [2.75, 3.05) is 0 Å². The van der Waals surface area contributed by atoms with Gasteiger partial charge in [0.1, 0.15) is 0 Å². The standard InChI is InChI=1S/C22H18N2O/c1-15-12-13-19-18(14-15)20(22(25)24-19)21(16-8-4-2-5-9-16)23-17-10-6-3-7-11-17/h2-14,24-25H,1H3. The molecule has 4 rings (SSSR count). The monoisotopic (exact) mass is 326 g/mol. The Morgan fingerprint density at radius 3 is 2.28 bits per heavy atom. The fourth-order valence-corrected chi connectivity index (χ4v) is 3.02. The summed E-state index contributed by atoms with van der Waals surface area (Å²) in [7, 11) is 0. The molecule has 0 spiro atoms. The van der Waals surface area contributed by atoms with E-state index in [-0.39, 0.29) is 5.88 Å². The first kappa shape index (κ1) is 15.2. The number of nitrogens with one attached hydrogen (secondary N) is 1. The van der Waals surface area contributed by atoms with Crippen molar-refractivity contribution < 1.29 is 5.11 Å². The molecule has 0 radical (unpaired) electrons. The maximum atomic E-state index is 10.6. The molecule has 25 heavy (non-hydrogen) atoms. The molecule has 0 aliphatic carbocycles. The Hall–Kier alpha value is -3.33. The smallest absolute Gasteiger partial charge is 0.199 e. The largest absolute Gasteiger partial charge is 0.494 e. The number of aryl methyl sites for hydroxylation is 1. The first-order valence-electron chi connectivity index (χ1n) is 8.23.